The summed E-state index contributed by atoms with van der Waals surface area (Å²) in [5, 5.41) is 7.28. The van der Waals surface area contributed by atoms with Crippen molar-refractivity contribution in [2.45, 2.75) is 25.3 Å². The highest BCUT2D eigenvalue weighted by Crippen LogP contribution is 2.22. The summed E-state index contributed by atoms with van der Waals surface area (Å²) in [4.78, 5) is 5.85. The molecule has 0 amide bonds. The van der Waals surface area contributed by atoms with Crippen molar-refractivity contribution in [3.63, 3.8) is 0 Å². The molecule has 0 atom stereocenters. The van der Waals surface area contributed by atoms with Gasteiger partial charge in [-0.25, -0.2) is 8.78 Å². The minimum atomic E-state index is -2.25. The van der Waals surface area contributed by atoms with Crippen molar-refractivity contribution >= 4 is 5.69 Å². The Labute approximate surface area is 127 Å². The number of likely N-dealkylation sites (tertiary alicyclic amines) is 1. The number of hydrogen-bond acceptors (Lipinski definition) is 5. The van der Waals surface area contributed by atoms with Gasteiger partial charge >= 0.3 is 0 Å². The molecule has 0 radical (unpaired) electrons. The van der Waals surface area contributed by atoms with E-state index in [0.29, 0.717) is 25.0 Å². The van der Waals surface area contributed by atoms with Gasteiger partial charge in [0.05, 0.1) is 6.54 Å². The average molecular weight is 308 g/mol. The highest BCUT2D eigenvalue weighted by atomic mass is 19.3. The van der Waals surface area contributed by atoms with E-state index in [1.165, 1.54) is 6.39 Å². The molecule has 1 aromatic carbocycles. The SMILES string of the molecule is FC(F)CN1CCC(Nc2cccc(-c3ncon3)c2)CC1. The summed E-state index contributed by atoms with van der Waals surface area (Å²) in [5.41, 5.74) is 1.86. The number of alkyl halides is 2. The minimum Gasteiger partial charge on any atom is -0.382 e. The molecule has 0 aliphatic carbocycles. The maximum Gasteiger partial charge on any atom is 0.251 e. The molecule has 7 heteroatoms. The number of nitrogens with zero attached hydrogens (tertiary/aromatic N) is 3. The lowest BCUT2D eigenvalue weighted by atomic mass is 10.0. The molecule has 0 unspecified atom stereocenters. The zero-order valence-corrected chi connectivity index (χ0v) is 12.1. The maximum atomic E-state index is 12.4. The normalized spacial score (nSPS) is 17.0. The van der Waals surface area contributed by atoms with E-state index in [4.69, 9.17) is 4.52 Å². The van der Waals surface area contributed by atoms with Crippen molar-refractivity contribution in [2.24, 2.45) is 0 Å². The van der Waals surface area contributed by atoms with Crippen LogP contribution >= 0.6 is 0 Å². The summed E-state index contributed by atoms with van der Waals surface area (Å²) in [6, 6.07) is 8.10. The fourth-order valence-corrected chi connectivity index (χ4v) is 2.74. The molecule has 1 aromatic heterocycles. The molecule has 0 bridgehead atoms. The molecule has 1 saturated heterocycles. The lowest BCUT2D eigenvalue weighted by Crippen LogP contribution is -2.41. The third-order valence-electron chi connectivity index (χ3n) is 3.84. The molecule has 3 rings (SSSR count). The molecular weight excluding hydrogens is 290 g/mol. The molecule has 0 saturated carbocycles. The molecule has 118 valence electrons. The first-order valence-electron chi connectivity index (χ1n) is 7.34. The van der Waals surface area contributed by atoms with Crippen LogP contribution in [0.5, 0.6) is 0 Å². The molecule has 1 N–H and O–H groups in total. The van der Waals surface area contributed by atoms with Crippen LogP contribution < -0.4 is 5.32 Å². The summed E-state index contributed by atoms with van der Waals surface area (Å²) in [7, 11) is 0. The summed E-state index contributed by atoms with van der Waals surface area (Å²) in [5.74, 6) is 0.551. The van der Waals surface area contributed by atoms with Crippen LogP contribution in [0.4, 0.5) is 14.5 Å². The van der Waals surface area contributed by atoms with Gasteiger partial charge < -0.3 is 9.84 Å². The Hall–Kier alpha value is -2.02. The van der Waals surface area contributed by atoms with Crippen molar-refractivity contribution < 1.29 is 13.3 Å². The average Bonchev–Trinajstić information content (AvgIpc) is 3.03. The first-order chi connectivity index (χ1) is 10.7. The van der Waals surface area contributed by atoms with Gasteiger partial charge in [-0.3, -0.25) is 4.90 Å². The van der Waals surface area contributed by atoms with Gasteiger partial charge in [0, 0.05) is 30.4 Å². The highest BCUT2D eigenvalue weighted by Gasteiger charge is 2.21. The third kappa shape index (κ3) is 3.79. The van der Waals surface area contributed by atoms with Crippen LogP contribution in [0.1, 0.15) is 12.8 Å². The fraction of sp³-hybridized carbons (Fsp3) is 0.467. The Balaban J connectivity index is 1.57. The Bertz CT molecular complexity index is 583. The van der Waals surface area contributed by atoms with Crippen LogP contribution in [0.2, 0.25) is 0 Å². The van der Waals surface area contributed by atoms with Crippen LogP contribution in [0.15, 0.2) is 35.2 Å². The van der Waals surface area contributed by atoms with Crippen LogP contribution in [0.25, 0.3) is 11.4 Å². The van der Waals surface area contributed by atoms with Crippen molar-refractivity contribution in [3.05, 3.63) is 30.7 Å². The molecule has 1 fully saturated rings. The zero-order valence-electron chi connectivity index (χ0n) is 12.1. The molecule has 1 aliphatic rings. The van der Waals surface area contributed by atoms with E-state index in [1.807, 2.05) is 29.2 Å². The second kappa shape index (κ2) is 6.83. The molecule has 2 heterocycles. The molecular formula is C15H18F2N4O. The summed E-state index contributed by atoms with van der Waals surface area (Å²) >= 11 is 0. The van der Waals surface area contributed by atoms with Gasteiger partial charge in [0.25, 0.3) is 6.43 Å². The second-order valence-corrected chi connectivity index (χ2v) is 5.45. The van der Waals surface area contributed by atoms with Gasteiger partial charge in [-0.05, 0) is 25.0 Å². The highest BCUT2D eigenvalue weighted by molar-refractivity contribution is 5.62. The van der Waals surface area contributed by atoms with Crippen LogP contribution in [0, 0.1) is 0 Å². The lowest BCUT2D eigenvalue weighted by Gasteiger charge is -2.32. The predicted octanol–water partition coefficient (Wildman–Crippen LogP) is 2.88. The number of halogens is 2. The topological polar surface area (TPSA) is 54.2 Å². The van der Waals surface area contributed by atoms with Gasteiger partial charge in [0.1, 0.15) is 0 Å². The minimum absolute atomic E-state index is 0.125. The molecule has 1 aliphatic heterocycles. The van der Waals surface area contributed by atoms with E-state index >= 15 is 0 Å². The Kier molecular flexibility index (Phi) is 4.62. The van der Waals surface area contributed by atoms with Gasteiger partial charge in [-0.2, -0.15) is 4.98 Å². The van der Waals surface area contributed by atoms with E-state index in [-0.39, 0.29) is 6.54 Å². The van der Waals surface area contributed by atoms with E-state index in [0.717, 1.165) is 24.1 Å². The van der Waals surface area contributed by atoms with Crippen LogP contribution in [-0.2, 0) is 0 Å². The largest absolute Gasteiger partial charge is 0.382 e. The third-order valence-corrected chi connectivity index (χ3v) is 3.84. The lowest BCUT2D eigenvalue weighted by molar-refractivity contribution is 0.0769. The Morgan fingerprint density at radius 3 is 2.82 bits per heavy atom. The quantitative estimate of drug-likeness (QED) is 0.920. The fourth-order valence-electron chi connectivity index (χ4n) is 2.74. The number of rotatable bonds is 5. The van der Waals surface area contributed by atoms with Crippen LogP contribution in [0.3, 0.4) is 0 Å². The van der Waals surface area contributed by atoms with Gasteiger partial charge in [-0.1, -0.05) is 17.3 Å². The van der Waals surface area contributed by atoms with Gasteiger partial charge in [-0.15, -0.1) is 0 Å². The van der Waals surface area contributed by atoms with Crippen molar-refractivity contribution in [2.75, 3.05) is 25.0 Å². The number of hydrogen-bond donors (Lipinski definition) is 1. The van der Waals surface area contributed by atoms with E-state index in [9.17, 15) is 8.78 Å². The van der Waals surface area contributed by atoms with Crippen molar-refractivity contribution in [1.82, 2.24) is 15.0 Å². The molecule has 2 aromatic rings. The molecule has 0 spiro atoms. The maximum absolute atomic E-state index is 12.4. The monoisotopic (exact) mass is 308 g/mol. The van der Waals surface area contributed by atoms with Crippen molar-refractivity contribution in [1.29, 1.82) is 0 Å². The number of piperidine rings is 1. The van der Waals surface area contributed by atoms with E-state index in [1.54, 1.807) is 0 Å². The Morgan fingerprint density at radius 2 is 2.14 bits per heavy atom. The van der Waals surface area contributed by atoms with Gasteiger partial charge in [0.2, 0.25) is 12.2 Å². The smallest absolute Gasteiger partial charge is 0.251 e. The van der Waals surface area contributed by atoms with Crippen LogP contribution in [-0.4, -0.2) is 47.1 Å². The van der Waals surface area contributed by atoms with E-state index < -0.39 is 6.43 Å². The number of aromatic nitrogens is 2. The number of anilines is 1. The first kappa shape index (κ1) is 14.9. The second-order valence-electron chi connectivity index (χ2n) is 5.45. The van der Waals surface area contributed by atoms with E-state index in [2.05, 4.69) is 15.5 Å². The summed E-state index contributed by atoms with van der Waals surface area (Å²) in [6.07, 6.45) is 0.767. The summed E-state index contributed by atoms with van der Waals surface area (Å²) < 4.78 is 29.5. The van der Waals surface area contributed by atoms with Crippen molar-refractivity contribution in [3.8, 4) is 11.4 Å². The number of benzene rings is 1. The number of nitrogens with one attached hydrogen (secondary N) is 1. The molecule has 22 heavy (non-hydrogen) atoms. The Morgan fingerprint density at radius 1 is 1.32 bits per heavy atom. The summed E-state index contributed by atoms with van der Waals surface area (Å²) in [6.45, 7) is 1.28. The predicted molar refractivity (Wildman–Crippen MR) is 78.8 cm³/mol. The zero-order chi connectivity index (χ0) is 15.4. The first-order valence-corrected chi connectivity index (χ1v) is 7.34. The standard InChI is InChI=1S/C15H18F2N4O/c16-14(17)9-21-6-4-12(5-7-21)19-13-3-1-2-11(8-13)15-18-10-22-20-15/h1-3,8,10,12,14,19H,4-7,9H2. The van der Waals surface area contributed by atoms with Gasteiger partial charge in [0.15, 0.2) is 0 Å². The molecule has 5 nitrogen and oxygen atoms in total.